The molecule has 3 aliphatic rings. The summed E-state index contributed by atoms with van der Waals surface area (Å²) in [6.07, 6.45) is 5.85. The highest BCUT2D eigenvalue weighted by atomic mass is 32.1. The molecule has 9 heteroatoms. The third-order valence-electron chi connectivity index (χ3n) is 6.61. The van der Waals surface area contributed by atoms with Crippen LogP contribution in [0.15, 0.2) is 77.4 Å². The summed E-state index contributed by atoms with van der Waals surface area (Å²) < 4.78 is 10.6. The van der Waals surface area contributed by atoms with Gasteiger partial charge in [0.15, 0.2) is 0 Å². The Hall–Kier alpha value is -3.82. The van der Waals surface area contributed by atoms with Gasteiger partial charge in [0.2, 0.25) is 11.0 Å². The monoisotopic (exact) mass is 516 g/mol. The molecular weight excluding hydrogens is 488 g/mol. The Labute approximate surface area is 221 Å². The number of thiocarbonyl (C=S) groups is 1. The van der Waals surface area contributed by atoms with Crippen molar-refractivity contribution in [3.05, 3.63) is 89.1 Å². The second-order valence-electron chi connectivity index (χ2n) is 8.97. The number of methoxy groups -OCH3 is 1. The Morgan fingerprint density at radius 3 is 2.49 bits per heavy atom. The van der Waals surface area contributed by atoms with Crippen molar-refractivity contribution < 1.29 is 19.1 Å². The standard InChI is InChI=1S/C28H28N4O4S/c1-35-23-9-4-19(5-10-23)17-29-26(33)21-6-2-20(3-7-21)18-32-27(34)24-16-22(31-12-14-36-15-13-31)8-11-25(24)30-28(32)37/h2-11,16,24H,12-15,17-18H2,1H3,(H,29,33). The summed E-state index contributed by atoms with van der Waals surface area (Å²) in [6.45, 7) is 3.66. The lowest BCUT2D eigenvalue weighted by molar-refractivity contribution is -0.129. The van der Waals surface area contributed by atoms with Crippen LogP contribution in [0.5, 0.6) is 5.75 Å². The zero-order chi connectivity index (χ0) is 25.8. The molecule has 1 fully saturated rings. The molecule has 2 amide bonds. The van der Waals surface area contributed by atoms with Crippen molar-refractivity contribution >= 4 is 34.9 Å². The number of morpholine rings is 1. The van der Waals surface area contributed by atoms with Gasteiger partial charge in [0.1, 0.15) is 11.7 Å². The summed E-state index contributed by atoms with van der Waals surface area (Å²) in [5.41, 5.74) is 4.07. The summed E-state index contributed by atoms with van der Waals surface area (Å²) in [7, 11) is 1.62. The van der Waals surface area contributed by atoms with E-state index in [1.165, 1.54) is 4.90 Å². The van der Waals surface area contributed by atoms with Crippen LogP contribution in [-0.4, -0.2) is 65.9 Å². The van der Waals surface area contributed by atoms with Crippen molar-refractivity contribution in [3.63, 3.8) is 0 Å². The SMILES string of the molecule is COc1ccc(CNC(=O)c2ccc(CN3C(=O)C4C=C(N5CCOCC5)C=CC4=NC3=S)cc2)cc1. The van der Waals surface area contributed by atoms with E-state index in [1.807, 2.05) is 54.6 Å². The quantitative estimate of drug-likeness (QED) is 0.570. The van der Waals surface area contributed by atoms with Gasteiger partial charge in [-0.2, -0.15) is 0 Å². The topological polar surface area (TPSA) is 83.5 Å². The van der Waals surface area contributed by atoms with Crippen molar-refractivity contribution in [1.82, 2.24) is 15.1 Å². The molecule has 1 aliphatic carbocycles. The Kier molecular flexibility index (Phi) is 7.43. The largest absolute Gasteiger partial charge is 0.497 e. The highest BCUT2D eigenvalue weighted by molar-refractivity contribution is 7.80. The first-order valence-corrected chi connectivity index (χ1v) is 12.6. The molecular formula is C28H28N4O4S. The Balaban J connectivity index is 1.22. The lowest BCUT2D eigenvalue weighted by Crippen LogP contribution is -2.46. The maximum atomic E-state index is 13.4. The second-order valence-corrected chi connectivity index (χ2v) is 9.34. The molecule has 0 spiro atoms. The van der Waals surface area contributed by atoms with Gasteiger partial charge >= 0.3 is 0 Å². The summed E-state index contributed by atoms with van der Waals surface area (Å²) in [6, 6.07) is 14.7. The number of carbonyl (C=O) groups is 2. The molecule has 2 aromatic carbocycles. The Morgan fingerprint density at radius 2 is 1.78 bits per heavy atom. The van der Waals surface area contributed by atoms with Crippen molar-refractivity contribution in [2.75, 3.05) is 33.4 Å². The first-order valence-electron chi connectivity index (χ1n) is 12.2. The number of nitrogens with zero attached hydrogens (tertiary/aromatic N) is 3. The van der Waals surface area contributed by atoms with Gasteiger partial charge < -0.3 is 19.7 Å². The van der Waals surface area contributed by atoms with E-state index in [9.17, 15) is 9.59 Å². The molecule has 0 radical (unpaired) electrons. The number of nitrogens with one attached hydrogen (secondary N) is 1. The molecule has 1 atom stereocenters. The van der Waals surface area contributed by atoms with E-state index in [0.717, 1.165) is 35.7 Å². The molecule has 2 heterocycles. The van der Waals surface area contributed by atoms with E-state index in [-0.39, 0.29) is 16.9 Å². The molecule has 1 unspecified atom stereocenters. The van der Waals surface area contributed by atoms with Crippen LogP contribution in [-0.2, 0) is 22.6 Å². The molecule has 1 saturated heterocycles. The van der Waals surface area contributed by atoms with Crippen molar-refractivity contribution in [3.8, 4) is 5.75 Å². The maximum absolute atomic E-state index is 13.4. The molecule has 1 N–H and O–H groups in total. The third kappa shape index (κ3) is 5.63. The highest BCUT2D eigenvalue weighted by Gasteiger charge is 2.35. The number of fused-ring (bicyclic) bond motifs is 1. The zero-order valence-electron chi connectivity index (χ0n) is 20.6. The summed E-state index contributed by atoms with van der Waals surface area (Å²) in [4.78, 5) is 34.3. The molecule has 190 valence electrons. The first-order chi connectivity index (χ1) is 18.0. The van der Waals surface area contributed by atoms with Gasteiger partial charge in [0.05, 0.1) is 32.6 Å². The third-order valence-corrected chi connectivity index (χ3v) is 6.93. The van der Waals surface area contributed by atoms with E-state index >= 15 is 0 Å². The minimum Gasteiger partial charge on any atom is -0.497 e. The van der Waals surface area contributed by atoms with Crippen LogP contribution >= 0.6 is 12.2 Å². The van der Waals surface area contributed by atoms with Crippen LogP contribution in [0, 0.1) is 5.92 Å². The molecule has 2 aromatic rings. The number of hydrogen-bond donors (Lipinski definition) is 1. The molecule has 8 nitrogen and oxygen atoms in total. The second kappa shape index (κ2) is 11.1. The van der Waals surface area contributed by atoms with Gasteiger partial charge in [-0.05, 0) is 65.8 Å². The average molecular weight is 517 g/mol. The maximum Gasteiger partial charge on any atom is 0.251 e. The molecule has 0 aromatic heterocycles. The summed E-state index contributed by atoms with van der Waals surface area (Å²) in [5.74, 6) is 0.0488. The van der Waals surface area contributed by atoms with E-state index < -0.39 is 5.92 Å². The zero-order valence-corrected chi connectivity index (χ0v) is 21.4. The van der Waals surface area contributed by atoms with Gasteiger partial charge in [-0.15, -0.1) is 0 Å². The smallest absolute Gasteiger partial charge is 0.251 e. The van der Waals surface area contributed by atoms with E-state index in [4.69, 9.17) is 21.7 Å². The summed E-state index contributed by atoms with van der Waals surface area (Å²) in [5, 5.41) is 3.18. The fourth-order valence-electron chi connectivity index (χ4n) is 4.47. The van der Waals surface area contributed by atoms with Crippen LogP contribution in [0.3, 0.4) is 0 Å². The Bertz CT molecular complexity index is 1280. The van der Waals surface area contributed by atoms with Crippen LogP contribution in [0.1, 0.15) is 21.5 Å². The number of carbonyl (C=O) groups excluding carboxylic acids is 2. The Morgan fingerprint density at radius 1 is 1.08 bits per heavy atom. The average Bonchev–Trinajstić information content (AvgIpc) is 2.95. The van der Waals surface area contributed by atoms with Crippen molar-refractivity contribution in [2.45, 2.75) is 13.1 Å². The van der Waals surface area contributed by atoms with Crippen molar-refractivity contribution in [1.29, 1.82) is 0 Å². The summed E-state index contributed by atoms with van der Waals surface area (Å²) >= 11 is 5.45. The lowest BCUT2D eigenvalue weighted by Gasteiger charge is -2.35. The van der Waals surface area contributed by atoms with Crippen LogP contribution in [0.25, 0.3) is 0 Å². The number of amides is 2. The van der Waals surface area contributed by atoms with Crippen molar-refractivity contribution in [2.24, 2.45) is 10.9 Å². The number of hydrogen-bond acceptors (Lipinski definition) is 6. The molecule has 37 heavy (non-hydrogen) atoms. The number of allylic oxidation sites excluding steroid dienone is 2. The number of ether oxygens (including phenoxy) is 2. The van der Waals surface area contributed by atoms with Gasteiger partial charge in [-0.3, -0.25) is 14.5 Å². The van der Waals surface area contributed by atoms with E-state index in [2.05, 4.69) is 15.2 Å². The minimum atomic E-state index is -0.461. The number of benzene rings is 2. The van der Waals surface area contributed by atoms with Gasteiger partial charge in [-0.1, -0.05) is 24.3 Å². The number of rotatable bonds is 7. The van der Waals surface area contributed by atoms with E-state index in [1.54, 1.807) is 19.2 Å². The fraction of sp³-hybridized carbons (Fsp3) is 0.286. The van der Waals surface area contributed by atoms with Crippen LogP contribution in [0.4, 0.5) is 0 Å². The molecule has 5 rings (SSSR count). The first kappa shape index (κ1) is 24.9. The minimum absolute atomic E-state index is 0.0913. The van der Waals surface area contributed by atoms with Gasteiger partial charge in [0, 0.05) is 30.9 Å². The predicted octanol–water partition coefficient (Wildman–Crippen LogP) is 3.10. The van der Waals surface area contributed by atoms with Gasteiger partial charge in [0.25, 0.3) is 5.91 Å². The van der Waals surface area contributed by atoms with Crippen LogP contribution < -0.4 is 10.1 Å². The molecule has 2 aliphatic heterocycles. The molecule has 0 bridgehead atoms. The number of aliphatic imine (C=N–C) groups is 1. The highest BCUT2D eigenvalue weighted by Crippen LogP contribution is 2.26. The lowest BCUT2D eigenvalue weighted by atomic mass is 9.93. The van der Waals surface area contributed by atoms with Gasteiger partial charge in [-0.25, -0.2) is 4.99 Å². The fourth-order valence-corrected chi connectivity index (χ4v) is 4.73. The predicted molar refractivity (Wildman–Crippen MR) is 144 cm³/mol. The van der Waals surface area contributed by atoms with E-state index in [0.29, 0.717) is 37.6 Å². The normalized spacial score (nSPS) is 19.2. The molecule has 0 saturated carbocycles. The van der Waals surface area contributed by atoms with Crippen LogP contribution in [0.2, 0.25) is 0 Å².